The van der Waals surface area contributed by atoms with Gasteiger partial charge in [-0.25, -0.2) is 9.97 Å². The van der Waals surface area contributed by atoms with Gasteiger partial charge in [0.2, 0.25) is 5.91 Å². The molecule has 1 aromatic rings. The molecular formula is C17H21F3N4O3. The van der Waals surface area contributed by atoms with Crippen LogP contribution in [0.25, 0.3) is 0 Å². The molecule has 2 bridgehead atoms. The first-order valence-electron chi connectivity index (χ1n) is 8.93. The summed E-state index contributed by atoms with van der Waals surface area (Å²) in [5, 5.41) is 3.03. The van der Waals surface area contributed by atoms with Gasteiger partial charge < -0.3 is 15.0 Å². The molecule has 0 spiro atoms. The molecule has 0 radical (unpaired) electrons. The number of halogens is 3. The predicted molar refractivity (Wildman–Crippen MR) is 87.9 cm³/mol. The summed E-state index contributed by atoms with van der Waals surface area (Å²) < 4.78 is 46.6. The summed E-state index contributed by atoms with van der Waals surface area (Å²) >= 11 is 0. The Morgan fingerprint density at radius 3 is 2.78 bits per heavy atom. The Bertz CT molecular complexity index is 733. The molecule has 1 amide bonds. The van der Waals surface area contributed by atoms with Crippen LogP contribution in [0.3, 0.4) is 0 Å². The predicted octanol–water partition coefficient (Wildman–Crippen LogP) is 1.84. The lowest BCUT2D eigenvalue weighted by Gasteiger charge is -2.46. The summed E-state index contributed by atoms with van der Waals surface area (Å²) in [6.07, 6.45) is -2.06. The molecule has 1 aliphatic carbocycles. The molecule has 0 unspecified atom stereocenters. The molecule has 4 heterocycles. The van der Waals surface area contributed by atoms with E-state index in [2.05, 4.69) is 20.0 Å². The molecule has 27 heavy (non-hydrogen) atoms. The zero-order valence-corrected chi connectivity index (χ0v) is 15.0. The molecule has 3 saturated heterocycles. The van der Waals surface area contributed by atoms with Crippen molar-refractivity contribution >= 4 is 11.7 Å². The van der Waals surface area contributed by atoms with Crippen LogP contribution in [-0.2, 0) is 19.7 Å². The molecule has 148 valence electrons. The number of nitrogens with zero attached hydrogens (tertiary/aromatic N) is 3. The number of rotatable bonds is 5. The summed E-state index contributed by atoms with van der Waals surface area (Å²) in [6.45, 7) is 3.77. The zero-order chi connectivity index (χ0) is 19.4. The number of aromatic nitrogens is 2. The molecule has 4 aliphatic rings. The standard InChI is InChI=1S/C17H21F3N4O3/c1-9(15(25)24-6-12(10(24)2)27-17(18,19)20)23-14-3-13(21-8-22-14)16-4-11(5-16)26-7-16/h3,8-12H,4-7H2,1-2H3,(H,21,22,23)/t9-,10+,11?,12+,16?/m1/s1. The number of carbonyl (C=O) groups excluding carboxylic acids is 1. The average Bonchev–Trinajstić information content (AvgIpc) is 3.18. The van der Waals surface area contributed by atoms with Gasteiger partial charge in [0.25, 0.3) is 0 Å². The van der Waals surface area contributed by atoms with E-state index in [1.807, 2.05) is 6.07 Å². The van der Waals surface area contributed by atoms with Crippen LogP contribution in [0.4, 0.5) is 19.0 Å². The SMILES string of the molecule is C[C@@H](Nc1cc(C23COC(C2)C3)ncn1)C(=O)N1C[C@H](OC(F)(F)F)[C@@H]1C. The third-order valence-electron chi connectivity index (χ3n) is 5.75. The molecule has 7 nitrogen and oxygen atoms in total. The van der Waals surface area contributed by atoms with Gasteiger partial charge in [0.15, 0.2) is 0 Å². The Balaban J connectivity index is 1.36. The molecule has 3 aliphatic heterocycles. The number of hydrogen-bond donors (Lipinski definition) is 1. The normalized spacial score (nSPS) is 33.2. The van der Waals surface area contributed by atoms with Crippen LogP contribution in [0.15, 0.2) is 12.4 Å². The van der Waals surface area contributed by atoms with E-state index in [1.165, 1.54) is 11.2 Å². The van der Waals surface area contributed by atoms with Gasteiger partial charge in [0, 0.05) is 18.0 Å². The fourth-order valence-electron chi connectivity index (χ4n) is 4.04. The van der Waals surface area contributed by atoms with E-state index in [0.717, 1.165) is 18.5 Å². The number of alkyl halides is 3. The number of anilines is 1. The van der Waals surface area contributed by atoms with Crippen molar-refractivity contribution in [3.8, 4) is 0 Å². The fraction of sp³-hybridized carbons (Fsp3) is 0.706. The summed E-state index contributed by atoms with van der Waals surface area (Å²) in [7, 11) is 0. The smallest absolute Gasteiger partial charge is 0.377 e. The minimum absolute atomic E-state index is 0.0502. The number of carbonyl (C=O) groups is 1. The van der Waals surface area contributed by atoms with Crippen LogP contribution in [0.2, 0.25) is 0 Å². The topological polar surface area (TPSA) is 76.6 Å². The van der Waals surface area contributed by atoms with E-state index in [4.69, 9.17) is 4.74 Å². The molecule has 10 heteroatoms. The second kappa shape index (κ2) is 6.30. The van der Waals surface area contributed by atoms with Crippen LogP contribution in [0.1, 0.15) is 32.4 Å². The van der Waals surface area contributed by atoms with Gasteiger partial charge in [-0.2, -0.15) is 0 Å². The molecule has 4 fully saturated rings. The van der Waals surface area contributed by atoms with Crippen molar-refractivity contribution in [3.05, 3.63) is 18.1 Å². The summed E-state index contributed by atoms with van der Waals surface area (Å²) in [4.78, 5) is 22.4. The maximum Gasteiger partial charge on any atom is 0.522 e. The number of fused-ring (bicyclic) bond motifs is 1. The van der Waals surface area contributed by atoms with Crippen molar-refractivity contribution in [2.24, 2.45) is 0 Å². The highest BCUT2D eigenvalue weighted by Gasteiger charge is 2.54. The van der Waals surface area contributed by atoms with E-state index in [1.54, 1.807) is 13.8 Å². The maximum atomic E-state index is 12.5. The zero-order valence-electron chi connectivity index (χ0n) is 15.0. The third kappa shape index (κ3) is 3.36. The van der Waals surface area contributed by atoms with Crippen molar-refractivity contribution in [2.45, 2.75) is 62.8 Å². The molecule has 0 aromatic carbocycles. The van der Waals surface area contributed by atoms with Gasteiger partial charge in [0.1, 0.15) is 24.3 Å². The largest absolute Gasteiger partial charge is 0.522 e. The van der Waals surface area contributed by atoms with E-state index in [-0.39, 0.29) is 17.9 Å². The van der Waals surface area contributed by atoms with E-state index >= 15 is 0 Å². The van der Waals surface area contributed by atoms with Crippen LogP contribution in [0.5, 0.6) is 0 Å². The number of ether oxygens (including phenoxy) is 2. The highest BCUT2D eigenvalue weighted by Crippen LogP contribution is 2.51. The number of hydrogen-bond acceptors (Lipinski definition) is 6. The van der Waals surface area contributed by atoms with Crippen LogP contribution in [-0.4, -0.2) is 64.6 Å². The van der Waals surface area contributed by atoms with Crippen LogP contribution < -0.4 is 5.32 Å². The molecule has 3 atom stereocenters. The first kappa shape index (κ1) is 18.4. The molecular weight excluding hydrogens is 365 g/mol. The Kier molecular flexibility index (Phi) is 4.30. The number of likely N-dealkylation sites (tertiary alicyclic amines) is 1. The third-order valence-corrected chi connectivity index (χ3v) is 5.75. The molecule has 1 aromatic heterocycles. The molecule has 5 rings (SSSR count). The maximum absolute atomic E-state index is 12.5. The van der Waals surface area contributed by atoms with Crippen molar-refractivity contribution in [2.75, 3.05) is 18.5 Å². The highest BCUT2D eigenvalue weighted by molar-refractivity contribution is 5.85. The van der Waals surface area contributed by atoms with Gasteiger partial charge in [-0.15, -0.1) is 13.2 Å². The molecule has 1 N–H and O–H groups in total. The second-order valence-corrected chi connectivity index (χ2v) is 7.61. The van der Waals surface area contributed by atoms with Crippen molar-refractivity contribution in [1.29, 1.82) is 0 Å². The van der Waals surface area contributed by atoms with Crippen LogP contribution >= 0.6 is 0 Å². The van der Waals surface area contributed by atoms with Gasteiger partial charge in [0.05, 0.1) is 24.4 Å². The van der Waals surface area contributed by atoms with E-state index in [0.29, 0.717) is 18.5 Å². The summed E-state index contributed by atoms with van der Waals surface area (Å²) in [5.41, 5.74) is 0.843. The summed E-state index contributed by atoms with van der Waals surface area (Å²) in [5.74, 6) is 0.220. The van der Waals surface area contributed by atoms with E-state index < -0.39 is 24.6 Å². The number of amides is 1. The summed E-state index contributed by atoms with van der Waals surface area (Å²) in [6, 6.07) is 0.559. The van der Waals surface area contributed by atoms with E-state index in [9.17, 15) is 18.0 Å². The Morgan fingerprint density at radius 1 is 1.44 bits per heavy atom. The minimum Gasteiger partial charge on any atom is -0.377 e. The molecule has 1 saturated carbocycles. The van der Waals surface area contributed by atoms with Crippen molar-refractivity contribution < 1.29 is 27.4 Å². The minimum atomic E-state index is -4.70. The Morgan fingerprint density at radius 2 is 2.19 bits per heavy atom. The lowest BCUT2D eigenvalue weighted by Crippen LogP contribution is -2.64. The van der Waals surface area contributed by atoms with Crippen molar-refractivity contribution in [1.82, 2.24) is 14.9 Å². The first-order valence-corrected chi connectivity index (χ1v) is 8.93. The fourth-order valence-corrected chi connectivity index (χ4v) is 4.04. The highest BCUT2D eigenvalue weighted by atomic mass is 19.4. The monoisotopic (exact) mass is 386 g/mol. The lowest BCUT2D eigenvalue weighted by atomic mass is 9.68. The lowest BCUT2D eigenvalue weighted by molar-refractivity contribution is -0.359. The number of nitrogens with one attached hydrogen (secondary N) is 1. The quantitative estimate of drug-likeness (QED) is 0.832. The van der Waals surface area contributed by atoms with Crippen molar-refractivity contribution in [3.63, 3.8) is 0 Å². The van der Waals surface area contributed by atoms with Crippen LogP contribution in [0, 0.1) is 0 Å². The second-order valence-electron chi connectivity index (χ2n) is 7.61. The Hall–Kier alpha value is -1.94. The van der Waals surface area contributed by atoms with Gasteiger partial charge >= 0.3 is 6.36 Å². The Labute approximate surface area is 154 Å². The van der Waals surface area contributed by atoms with Gasteiger partial charge in [-0.3, -0.25) is 9.53 Å². The van der Waals surface area contributed by atoms with Gasteiger partial charge in [-0.1, -0.05) is 0 Å². The van der Waals surface area contributed by atoms with Gasteiger partial charge in [-0.05, 0) is 26.7 Å². The first-order chi connectivity index (χ1) is 12.7. The average molecular weight is 386 g/mol.